The predicted octanol–water partition coefficient (Wildman–Crippen LogP) is 4.07. The molecular weight excluding hydrogens is 419 g/mol. The van der Waals surface area contributed by atoms with Crippen molar-refractivity contribution in [2.75, 3.05) is 23.8 Å². The van der Waals surface area contributed by atoms with Crippen molar-refractivity contribution in [2.24, 2.45) is 10.7 Å². The Hall–Kier alpha value is -4.04. The second-order valence-corrected chi connectivity index (χ2v) is 7.44. The van der Waals surface area contributed by atoms with Gasteiger partial charge in [0.05, 0.1) is 6.04 Å². The van der Waals surface area contributed by atoms with E-state index in [2.05, 4.69) is 27.3 Å². The lowest BCUT2D eigenvalue weighted by Gasteiger charge is -2.20. The van der Waals surface area contributed by atoms with Gasteiger partial charge in [0.15, 0.2) is 0 Å². The third kappa shape index (κ3) is 6.24. The number of pyridine rings is 1. The number of carbonyl (C=O) groups excluding carboxylic acids is 1. The molecule has 0 aliphatic heterocycles. The zero-order valence-corrected chi connectivity index (χ0v) is 18.6. The number of nitrogens with one attached hydrogen (secondary N) is 2. The molecule has 2 aromatic carbocycles. The molecule has 0 spiro atoms. The molecule has 8 heteroatoms. The molecule has 33 heavy (non-hydrogen) atoms. The van der Waals surface area contributed by atoms with Crippen LogP contribution in [0, 0.1) is 12.7 Å². The van der Waals surface area contributed by atoms with Crippen LogP contribution in [0.3, 0.4) is 0 Å². The number of halogens is 1. The number of carbonyl (C=O) groups is 1. The van der Waals surface area contributed by atoms with E-state index >= 15 is 0 Å². The van der Waals surface area contributed by atoms with E-state index in [1.807, 2.05) is 43.3 Å². The number of benzene rings is 2. The van der Waals surface area contributed by atoms with E-state index in [1.54, 1.807) is 36.5 Å². The lowest BCUT2D eigenvalue weighted by molar-refractivity contribution is -0.118. The minimum absolute atomic E-state index is 0.149. The molecule has 0 fully saturated rings. The van der Waals surface area contributed by atoms with Crippen LogP contribution in [0.1, 0.15) is 17.2 Å². The topological polar surface area (TPSA) is 95.6 Å². The maximum Gasteiger partial charge on any atom is 0.271 e. The summed E-state index contributed by atoms with van der Waals surface area (Å²) in [5.74, 6) is -0.116. The minimum Gasteiger partial charge on any atom is -0.348 e. The SMILES string of the molecule is C=N/C(=C\N(C)c1cc(Nc2ccc(F)cc2)ncc1C)C(=O)NC(CN)c1ccccc1. The van der Waals surface area contributed by atoms with Crippen molar-refractivity contribution in [3.8, 4) is 0 Å². The second-order valence-electron chi connectivity index (χ2n) is 7.44. The van der Waals surface area contributed by atoms with Crippen molar-refractivity contribution >= 4 is 29.8 Å². The van der Waals surface area contributed by atoms with Gasteiger partial charge in [0.25, 0.3) is 5.91 Å². The highest BCUT2D eigenvalue weighted by atomic mass is 19.1. The van der Waals surface area contributed by atoms with E-state index in [9.17, 15) is 9.18 Å². The molecule has 3 rings (SSSR count). The summed E-state index contributed by atoms with van der Waals surface area (Å²) < 4.78 is 13.2. The van der Waals surface area contributed by atoms with Crippen LogP contribution >= 0.6 is 0 Å². The average molecular weight is 447 g/mol. The second kappa shape index (κ2) is 11.0. The largest absolute Gasteiger partial charge is 0.348 e. The van der Waals surface area contributed by atoms with E-state index in [0.29, 0.717) is 11.5 Å². The van der Waals surface area contributed by atoms with Gasteiger partial charge in [-0.1, -0.05) is 30.3 Å². The Kier molecular flexibility index (Phi) is 7.88. The Morgan fingerprint density at radius 2 is 1.94 bits per heavy atom. The van der Waals surface area contributed by atoms with Gasteiger partial charge in [0.1, 0.15) is 17.3 Å². The molecule has 0 aliphatic rings. The van der Waals surface area contributed by atoms with Gasteiger partial charge >= 0.3 is 0 Å². The van der Waals surface area contributed by atoms with Crippen LogP contribution in [0.25, 0.3) is 0 Å². The van der Waals surface area contributed by atoms with Gasteiger partial charge in [0, 0.05) is 43.4 Å². The first kappa shape index (κ1) is 23.6. The summed E-state index contributed by atoms with van der Waals surface area (Å²) >= 11 is 0. The van der Waals surface area contributed by atoms with Crippen molar-refractivity contribution in [2.45, 2.75) is 13.0 Å². The van der Waals surface area contributed by atoms with Crippen molar-refractivity contribution in [3.63, 3.8) is 0 Å². The predicted molar refractivity (Wildman–Crippen MR) is 131 cm³/mol. The number of nitrogens with zero attached hydrogens (tertiary/aromatic N) is 3. The molecule has 4 N–H and O–H groups in total. The molecule has 0 bridgehead atoms. The molecule has 1 aromatic heterocycles. The number of hydrogen-bond donors (Lipinski definition) is 3. The number of aryl methyl sites for hydroxylation is 1. The number of hydrogen-bond acceptors (Lipinski definition) is 6. The van der Waals surface area contributed by atoms with Gasteiger partial charge in [-0.25, -0.2) is 9.37 Å². The van der Waals surface area contributed by atoms with Gasteiger partial charge in [-0.2, -0.15) is 0 Å². The molecule has 1 atom stereocenters. The summed E-state index contributed by atoms with van der Waals surface area (Å²) in [4.78, 5) is 22.9. The third-order valence-corrected chi connectivity index (χ3v) is 5.03. The number of nitrogens with two attached hydrogens (primary N) is 1. The van der Waals surface area contributed by atoms with Gasteiger partial charge in [-0.3, -0.25) is 9.79 Å². The van der Waals surface area contributed by atoms with Gasteiger partial charge < -0.3 is 21.3 Å². The quantitative estimate of drug-likeness (QED) is 0.340. The normalized spacial score (nSPS) is 12.1. The molecule has 0 aliphatic carbocycles. The number of aromatic nitrogens is 1. The van der Waals surface area contributed by atoms with Crippen molar-refractivity contribution in [1.82, 2.24) is 10.3 Å². The summed E-state index contributed by atoms with van der Waals surface area (Å²) in [5.41, 5.74) is 9.34. The number of aliphatic imine (C=N–C) groups is 1. The fourth-order valence-electron chi connectivity index (χ4n) is 3.26. The highest BCUT2D eigenvalue weighted by Gasteiger charge is 2.17. The summed E-state index contributed by atoms with van der Waals surface area (Å²) in [5, 5.41) is 6.05. The van der Waals surface area contributed by atoms with Crippen LogP contribution in [-0.2, 0) is 4.79 Å². The number of anilines is 3. The Labute approximate surface area is 192 Å². The van der Waals surface area contributed by atoms with E-state index in [1.165, 1.54) is 12.1 Å². The highest BCUT2D eigenvalue weighted by molar-refractivity contribution is 5.94. The van der Waals surface area contributed by atoms with Crippen LogP contribution in [0.5, 0.6) is 0 Å². The molecule has 7 nitrogen and oxygen atoms in total. The zero-order valence-electron chi connectivity index (χ0n) is 18.6. The lowest BCUT2D eigenvalue weighted by atomic mass is 10.1. The molecule has 1 amide bonds. The van der Waals surface area contributed by atoms with Crippen LogP contribution in [-0.4, -0.2) is 31.2 Å². The smallest absolute Gasteiger partial charge is 0.271 e. The molecular formula is C25H27FN6O. The molecule has 1 unspecified atom stereocenters. The van der Waals surface area contributed by atoms with Crippen LogP contribution < -0.4 is 21.3 Å². The Morgan fingerprint density at radius 3 is 2.58 bits per heavy atom. The monoisotopic (exact) mass is 446 g/mol. The number of amides is 1. The van der Waals surface area contributed by atoms with Gasteiger partial charge in [-0.15, -0.1) is 0 Å². The maximum absolute atomic E-state index is 13.2. The van der Waals surface area contributed by atoms with Crippen LogP contribution in [0.2, 0.25) is 0 Å². The standard InChI is InChI=1S/C25H27FN6O/c1-17-15-29-24(30-20-11-9-19(26)10-12-20)13-23(17)32(3)16-22(28-2)25(33)31-21(14-27)18-7-5-4-6-8-18/h4-13,15-16,21H,2,14,27H2,1,3H3,(H,29,30)(H,31,33)/b22-16-. The van der Waals surface area contributed by atoms with E-state index in [-0.39, 0.29) is 30.0 Å². The van der Waals surface area contributed by atoms with E-state index in [4.69, 9.17) is 5.73 Å². The molecule has 0 saturated carbocycles. The summed E-state index contributed by atoms with van der Waals surface area (Å²) in [7, 11) is 1.81. The third-order valence-electron chi connectivity index (χ3n) is 5.03. The molecule has 1 heterocycles. The first-order valence-electron chi connectivity index (χ1n) is 10.4. The van der Waals surface area contributed by atoms with Crippen molar-refractivity contribution < 1.29 is 9.18 Å². The van der Waals surface area contributed by atoms with Gasteiger partial charge in [-0.05, 0) is 49.0 Å². The van der Waals surface area contributed by atoms with Gasteiger partial charge in [0.2, 0.25) is 0 Å². The summed E-state index contributed by atoms with van der Waals surface area (Å²) in [6, 6.07) is 17.0. The highest BCUT2D eigenvalue weighted by Crippen LogP contribution is 2.25. The lowest BCUT2D eigenvalue weighted by Crippen LogP contribution is -2.34. The Morgan fingerprint density at radius 1 is 1.24 bits per heavy atom. The minimum atomic E-state index is -0.382. The van der Waals surface area contributed by atoms with Crippen molar-refractivity contribution in [1.29, 1.82) is 0 Å². The fraction of sp³-hybridized carbons (Fsp3) is 0.160. The van der Waals surface area contributed by atoms with Crippen molar-refractivity contribution in [3.05, 3.63) is 95.7 Å². The fourth-order valence-corrected chi connectivity index (χ4v) is 3.26. The summed E-state index contributed by atoms with van der Waals surface area (Å²) in [6.45, 7) is 5.71. The molecule has 3 aromatic rings. The average Bonchev–Trinajstić information content (AvgIpc) is 2.83. The molecule has 0 radical (unpaired) electrons. The Balaban J connectivity index is 1.78. The first-order chi connectivity index (χ1) is 15.9. The van der Waals surface area contributed by atoms with Crippen LogP contribution in [0.4, 0.5) is 21.6 Å². The zero-order chi connectivity index (χ0) is 23.8. The molecule has 170 valence electrons. The van der Waals surface area contributed by atoms with Crippen LogP contribution in [0.15, 0.2) is 83.7 Å². The first-order valence-corrected chi connectivity index (χ1v) is 10.4. The van der Waals surface area contributed by atoms with E-state index < -0.39 is 0 Å². The maximum atomic E-state index is 13.2. The van der Waals surface area contributed by atoms with E-state index in [0.717, 1.165) is 16.8 Å². The Bertz CT molecular complexity index is 1130. The summed E-state index contributed by atoms with van der Waals surface area (Å²) in [6.07, 6.45) is 3.32. The molecule has 0 saturated heterocycles. The number of rotatable bonds is 9.